The summed E-state index contributed by atoms with van der Waals surface area (Å²) in [5.74, 6) is -1.86. The topological polar surface area (TPSA) is 94.5 Å². The molecule has 2 saturated heterocycles. The van der Waals surface area contributed by atoms with Crippen molar-refractivity contribution in [3.8, 4) is 12.1 Å². The molecule has 0 bridgehead atoms. The molecule has 2 N–H and O–H groups in total. The quantitative estimate of drug-likeness (QED) is 0.306. The highest BCUT2D eigenvalue weighted by molar-refractivity contribution is 5.56. The van der Waals surface area contributed by atoms with Gasteiger partial charge in [-0.05, 0) is 63.6 Å². The predicted molar refractivity (Wildman–Crippen MR) is 162 cm³/mol. The minimum Gasteiger partial charge on any atom is -0.462 e. The molecular weight excluding hydrogens is 612 g/mol. The summed E-state index contributed by atoms with van der Waals surface area (Å²) >= 11 is 0. The van der Waals surface area contributed by atoms with Crippen LogP contribution in [0, 0.1) is 30.0 Å². The summed E-state index contributed by atoms with van der Waals surface area (Å²) < 4.78 is 92.6. The third-order valence-electron chi connectivity index (χ3n) is 9.62. The van der Waals surface area contributed by atoms with Crippen LogP contribution in [-0.2, 0) is 19.0 Å². The molecule has 252 valence electrons. The molecule has 1 aliphatic carbocycles. The molecule has 1 aromatic heterocycles. The second-order valence-electron chi connectivity index (χ2n) is 13.1. The standard InChI is InChI=1S/C32H41F6N7O/c1-17-9-24-26(12-23(17)27-28(32(36,37)38)18(2)10-25(40)29(27)35)41-31(46-16-22-11-20(34)14-43(22)4)42-30(24)45-8-7-44(13-19(3)33)21(15-45)5-6-39/h10,17,19-23H,5,7-9,11-16,40H2,1-4H3/t17-,19?,20+,21-,22-,23-/m0/s1. The number of aromatic nitrogens is 2. The molecule has 2 aliphatic heterocycles. The Morgan fingerprint density at radius 1 is 1.17 bits per heavy atom. The van der Waals surface area contributed by atoms with Gasteiger partial charge in [0.05, 0.1) is 29.4 Å². The van der Waals surface area contributed by atoms with E-state index in [1.54, 1.807) is 14.0 Å². The van der Waals surface area contributed by atoms with Gasteiger partial charge in [-0.25, -0.2) is 13.2 Å². The van der Waals surface area contributed by atoms with Crippen molar-refractivity contribution < 1.29 is 31.1 Å². The first-order valence-electron chi connectivity index (χ1n) is 15.7. The number of hydrogen-bond donors (Lipinski definition) is 1. The molecule has 0 saturated carbocycles. The molecule has 2 aromatic rings. The van der Waals surface area contributed by atoms with Gasteiger partial charge in [-0.2, -0.15) is 28.4 Å². The van der Waals surface area contributed by atoms with E-state index >= 15 is 4.39 Å². The Hall–Kier alpha value is -3.31. The molecule has 5 rings (SSSR count). The lowest BCUT2D eigenvalue weighted by Gasteiger charge is -2.43. The summed E-state index contributed by atoms with van der Waals surface area (Å²) in [6.45, 7) is 6.41. The highest BCUT2D eigenvalue weighted by Gasteiger charge is 2.43. The Bertz CT molecular complexity index is 1460. The number of fused-ring (bicyclic) bond motifs is 1. The number of nitriles is 1. The maximum atomic E-state index is 15.6. The molecule has 0 amide bonds. The second-order valence-corrected chi connectivity index (χ2v) is 13.1. The zero-order valence-corrected chi connectivity index (χ0v) is 26.5. The van der Waals surface area contributed by atoms with Crippen molar-refractivity contribution in [1.29, 1.82) is 5.26 Å². The lowest BCUT2D eigenvalue weighted by Crippen LogP contribution is -2.55. The van der Waals surface area contributed by atoms with Crippen LogP contribution < -0.4 is 15.4 Å². The minimum absolute atomic E-state index is 0.00493. The van der Waals surface area contributed by atoms with Crippen LogP contribution >= 0.6 is 0 Å². The first-order valence-corrected chi connectivity index (χ1v) is 15.7. The number of anilines is 2. The average Bonchev–Trinajstić information content (AvgIpc) is 3.29. The van der Waals surface area contributed by atoms with Gasteiger partial charge in [0.1, 0.15) is 30.6 Å². The van der Waals surface area contributed by atoms with Crippen molar-refractivity contribution in [1.82, 2.24) is 19.8 Å². The zero-order valence-electron chi connectivity index (χ0n) is 26.5. The summed E-state index contributed by atoms with van der Waals surface area (Å²) in [6.07, 6.45) is -6.15. The summed E-state index contributed by atoms with van der Waals surface area (Å²) in [4.78, 5) is 15.2. The maximum Gasteiger partial charge on any atom is 0.417 e. The molecule has 2 fully saturated rings. The number of ether oxygens (including phenoxy) is 1. The molecule has 0 spiro atoms. The van der Waals surface area contributed by atoms with E-state index in [9.17, 15) is 27.2 Å². The number of likely N-dealkylation sites (N-methyl/N-ethyl adjacent to an activating group) is 1. The fourth-order valence-corrected chi connectivity index (χ4v) is 7.36. The van der Waals surface area contributed by atoms with E-state index < -0.39 is 47.3 Å². The Kier molecular flexibility index (Phi) is 9.94. The van der Waals surface area contributed by atoms with E-state index in [1.807, 2.05) is 14.7 Å². The molecule has 1 aromatic carbocycles. The number of nitrogen functional groups attached to an aromatic ring is 1. The first-order chi connectivity index (χ1) is 21.7. The lowest BCUT2D eigenvalue weighted by atomic mass is 9.73. The van der Waals surface area contributed by atoms with E-state index in [2.05, 4.69) is 11.1 Å². The van der Waals surface area contributed by atoms with Gasteiger partial charge >= 0.3 is 12.2 Å². The fourth-order valence-electron chi connectivity index (χ4n) is 7.36. The number of benzene rings is 1. The number of alkyl halides is 5. The minimum atomic E-state index is -4.80. The van der Waals surface area contributed by atoms with Crippen molar-refractivity contribution in [3.63, 3.8) is 0 Å². The first kappa shape index (κ1) is 34.0. The van der Waals surface area contributed by atoms with Crippen LogP contribution in [0.2, 0.25) is 0 Å². The third-order valence-corrected chi connectivity index (χ3v) is 9.62. The zero-order chi connectivity index (χ0) is 33.5. The SMILES string of the molecule is Cc1cc(N)c(F)c([C@H]2Cc3nc(OC[C@@H]4C[C@@H](F)CN4C)nc(N4CCN(CC(C)F)[C@@H](CC#N)C4)c3C[C@@H]2C)c1C(F)(F)F. The molecular formula is C32H41F6N7O. The van der Waals surface area contributed by atoms with Crippen LogP contribution in [-0.4, -0.2) is 90.6 Å². The Balaban J connectivity index is 1.55. The number of nitrogens with two attached hydrogens (primary N) is 1. The van der Waals surface area contributed by atoms with Gasteiger partial charge < -0.3 is 15.4 Å². The molecule has 6 atom stereocenters. The van der Waals surface area contributed by atoms with E-state index in [0.29, 0.717) is 31.1 Å². The average molecular weight is 654 g/mol. The number of rotatable bonds is 8. The van der Waals surface area contributed by atoms with Gasteiger partial charge in [-0.15, -0.1) is 0 Å². The molecule has 1 unspecified atom stereocenters. The molecule has 3 aliphatic rings. The summed E-state index contributed by atoms with van der Waals surface area (Å²) in [6, 6.07) is 2.71. The van der Waals surface area contributed by atoms with Crippen LogP contribution in [0.25, 0.3) is 0 Å². The Morgan fingerprint density at radius 2 is 1.91 bits per heavy atom. The largest absolute Gasteiger partial charge is 0.462 e. The number of hydrogen-bond acceptors (Lipinski definition) is 8. The van der Waals surface area contributed by atoms with Gasteiger partial charge in [0.15, 0.2) is 0 Å². The van der Waals surface area contributed by atoms with Gasteiger partial charge in [0, 0.05) is 55.9 Å². The summed E-state index contributed by atoms with van der Waals surface area (Å²) in [5.41, 5.74) is 5.03. The number of likely N-dealkylation sites (tertiary alicyclic amines) is 1. The lowest BCUT2D eigenvalue weighted by molar-refractivity contribution is -0.139. The maximum absolute atomic E-state index is 15.6. The Labute approximate surface area is 265 Å². The molecule has 0 radical (unpaired) electrons. The van der Waals surface area contributed by atoms with Crippen molar-refractivity contribution in [2.75, 3.05) is 57.0 Å². The van der Waals surface area contributed by atoms with Crippen LogP contribution in [0.3, 0.4) is 0 Å². The van der Waals surface area contributed by atoms with Crippen LogP contribution in [0.4, 0.5) is 37.8 Å². The number of piperazine rings is 1. The second kappa shape index (κ2) is 13.4. The third kappa shape index (κ3) is 7.00. The van der Waals surface area contributed by atoms with E-state index in [4.69, 9.17) is 15.5 Å². The number of halogens is 6. The van der Waals surface area contributed by atoms with E-state index in [0.717, 1.165) is 11.6 Å². The van der Waals surface area contributed by atoms with Crippen LogP contribution in [0.1, 0.15) is 60.6 Å². The number of nitrogens with zero attached hydrogens (tertiary/aromatic N) is 6. The summed E-state index contributed by atoms with van der Waals surface area (Å²) in [7, 11) is 1.80. The number of aryl methyl sites for hydroxylation is 1. The van der Waals surface area contributed by atoms with Crippen molar-refractivity contribution in [3.05, 3.63) is 39.8 Å². The van der Waals surface area contributed by atoms with Gasteiger partial charge in [-0.3, -0.25) is 9.80 Å². The van der Waals surface area contributed by atoms with Crippen molar-refractivity contribution in [2.45, 2.75) is 83.0 Å². The van der Waals surface area contributed by atoms with Crippen molar-refractivity contribution >= 4 is 11.5 Å². The van der Waals surface area contributed by atoms with E-state index in [1.165, 1.54) is 13.8 Å². The highest BCUT2D eigenvalue weighted by Crippen LogP contribution is 2.47. The normalized spacial score (nSPS) is 26.5. The molecule has 8 nitrogen and oxygen atoms in total. The van der Waals surface area contributed by atoms with Gasteiger partial charge in [0.25, 0.3) is 0 Å². The van der Waals surface area contributed by atoms with E-state index in [-0.39, 0.29) is 74.7 Å². The monoisotopic (exact) mass is 653 g/mol. The summed E-state index contributed by atoms with van der Waals surface area (Å²) in [5, 5.41) is 9.51. The van der Waals surface area contributed by atoms with Crippen LogP contribution in [0.5, 0.6) is 6.01 Å². The van der Waals surface area contributed by atoms with Gasteiger partial charge in [-0.1, -0.05) is 6.92 Å². The molecule has 3 heterocycles. The Morgan fingerprint density at radius 3 is 2.54 bits per heavy atom. The van der Waals surface area contributed by atoms with Crippen LogP contribution in [0.15, 0.2) is 6.07 Å². The van der Waals surface area contributed by atoms with Crippen molar-refractivity contribution in [2.24, 2.45) is 5.92 Å². The smallest absolute Gasteiger partial charge is 0.417 e. The highest BCUT2D eigenvalue weighted by atomic mass is 19.4. The molecule has 46 heavy (non-hydrogen) atoms. The fraction of sp³-hybridized carbons (Fsp3) is 0.656. The predicted octanol–water partition coefficient (Wildman–Crippen LogP) is 5.23. The van der Waals surface area contributed by atoms with Gasteiger partial charge in [0.2, 0.25) is 0 Å². The molecule has 14 heteroatoms.